The van der Waals surface area contributed by atoms with Gasteiger partial charge >= 0.3 is 0 Å². The molecule has 2 heteroatoms. The van der Waals surface area contributed by atoms with E-state index >= 15 is 0 Å². The maximum Gasteiger partial charge on any atom is 0.155 e. The van der Waals surface area contributed by atoms with Crippen molar-refractivity contribution < 1.29 is 9.53 Å². The van der Waals surface area contributed by atoms with Crippen LogP contribution in [0.15, 0.2) is 24.3 Å². The molecule has 1 aliphatic carbocycles. The minimum absolute atomic E-state index is 0.138. The van der Waals surface area contributed by atoms with Gasteiger partial charge in [0.15, 0.2) is 5.78 Å². The third kappa shape index (κ3) is 3.01. The fraction of sp³-hybridized carbons (Fsp3) is 0.500. The van der Waals surface area contributed by atoms with Crippen molar-refractivity contribution in [3.05, 3.63) is 24.3 Å². The van der Waals surface area contributed by atoms with E-state index in [1.54, 1.807) is 6.08 Å². The first-order chi connectivity index (χ1) is 5.83. The molecule has 2 nitrogen and oxygen atoms in total. The quantitative estimate of drug-likeness (QED) is 0.598. The Morgan fingerprint density at radius 3 is 3.17 bits per heavy atom. The van der Waals surface area contributed by atoms with Crippen molar-refractivity contribution >= 4 is 5.78 Å². The van der Waals surface area contributed by atoms with Gasteiger partial charge in [-0.2, -0.15) is 0 Å². The summed E-state index contributed by atoms with van der Waals surface area (Å²) in [4.78, 5) is 10.8. The summed E-state index contributed by atoms with van der Waals surface area (Å²) in [6, 6.07) is 0. The Morgan fingerprint density at radius 2 is 2.58 bits per heavy atom. The second kappa shape index (κ2) is 4.88. The van der Waals surface area contributed by atoms with E-state index < -0.39 is 0 Å². The lowest BCUT2D eigenvalue weighted by atomic mass is 10.0. The van der Waals surface area contributed by atoms with E-state index in [4.69, 9.17) is 4.74 Å². The summed E-state index contributed by atoms with van der Waals surface area (Å²) < 4.78 is 5.45. The van der Waals surface area contributed by atoms with Crippen molar-refractivity contribution in [1.82, 2.24) is 0 Å². The lowest BCUT2D eigenvalue weighted by Crippen LogP contribution is -2.16. The number of ketones is 1. The second-order valence-electron chi connectivity index (χ2n) is 2.80. The Bertz CT molecular complexity index is 204. The van der Waals surface area contributed by atoms with Gasteiger partial charge < -0.3 is 4.74 Å². The molecular weight excluding hydrogens is 152 g/mol. The number of carbonyl (C=O) groups excluding carboxylic acids is 1. The smallest absolute Gasteiger partial charge is 0.155 e. The van der Waals surface area contributed by atoms with Crippen LogP contribution in [0.5, 0.6) is 0 Å². The predicted octanol–water partition coefficient (Wildman–Crippen LogP) is 1.87. The van der Waals surface area contributed by atoms with Crippen LogP contribution in [0.2, 0.25) is 0 Å². The fourth-order valence-electron chi connectivity index (χ4n) is 1.09. The van der Waals surface area contributed by atoms with Crippen molar-refractivity contribution in [2.45, 2.75) is 25.9 Å². The first-order valence-electron chi connectivity index (χ1n) is 4.26. The van der Waals surface area contributed by atoms with Crippen molar-refractivity contribution in [3.63, 3.8) is 0 Å². The van der Waals surface area contributed by atoms with Gasteiger partial charge in [0, 0.05) is 6.42 Å². The topological polar surface area (TPSA) is 26.3 Å². The molecule has 66 valence electrons. The molecule has 0 aromatic rings. The Hall–Kier alpha value is -0.890. The molecule has 1 rings (SSSR count). The highest BCUT2D eigenvalue weighted by Gasteiger charge is 2.11. The molecule has 0 aromatic heterocycles. The highest BCUT2D eigenvalue weighted by Crippen LogP contribution is 2.10. The summed E-state index contributed by atoms with van der Waals surface area (Å²) >= 11 is 0. The van der Waals surface area contributed by atoms with Crippen LogP contribution in [0, 0.1) is 0 Å². The van der Waals surface area contributed by atoms with Crippen LogP contribution in [-0.4, -0.2) is 18.5 Å². The summed E-state index contributed by atoms with van der Waals surface area (Å²) in [6.45, 7) is 2.60. The van der Waals surface area contributed by atoms with Gasteiger partial charge in [-0.15, -0.1) is 0 Å². The Morgan fingerprint density at radius 1 is 1.75 bits per heavy atom. The third-order valence-corrected chi connectivity index (χ3v) is 1.81. The van der Waals surface area contributed by atoms with E-state index in [-0.39, 0.29) is 11.9 Å². The van der Waals surface area contributed by atoms with E-state index in [1.807, 2.05) is 25.2 Å². The maximum absolute atomic E-state index is 10.8. The Kier molecular flexibility index (Phi) is 3.74. The van der Waals surface area contributed by atoms with Crippen molar-refractivity contribution in [2.75, 3.05) is 6.61 Å². The summed E-state index contributed by atoms with van der Waals surface area (Å²) in [5.41, 5.74) is 0. The number of ether oxygens (including phenoxy) is 1. The molecule has 0 aromatic carbocycles. The van der Waals surface area contributed by atoms with Crippen molar-refractivity contribution in [1.29, 1.82) is 0 Å². The monoisotopic (exact) mass is 166 g/mol. The van der Waals surface area contributed by atoms with Gasteiger partial charge in [-0.1, -0.05) is 18.2 Å². The van der Waals surface area contributed by atoms with Crippen LogP contribution < -0.4 is 0 Å². The standard InChI is InChI=1S/C10H14O2/c1-2-3-8-12-10-6-4-9(11)5-7-10/h2-4,6,10H,5,7-8H2,1H3/b3-2+. The van der Waals surface area contributed by atoms with Gasteiger partial charge in [-0.05, 0) is 19.4 Å². The molecule has 1 atom stereocenters. The molecule has 0 heterocycles. The van der Waals surface area contributed by atoms with E-state index in [0.717, 1.165) is 6.42 Å². The van der Waals surface area contributed by atoms with Crippen LogP contribution in [0.4, 0.5) is 0 Å². The van der Waals surface area contributed by atoms with Crippen molar-refractivity contribution in [3.8, 4) is 0 Å². The van der Waals surface area contributed by atoms with Crippen LogP contribution in [0.25, 0.3) is 0 Å². The van der Waals surface area contributed by atoms with Gasteiger partial charge in [-0.3, -0.25) is 4.79 Å². The lowest BCUT2D eigenvalue weighted by Gasteiger charge is -2.15. The first-order valence-corrected chi connectivity index (χ1v) is 4.26. The van der Waals surface area contributed by atoms with Gasteiger partial charge in [0.1, 0.15) is 0 Å². The molecule has 0 aliphatic heterocycles. The minimum atomic E-state index is 0.138. The average Bonchev–Trinajstić information content (AvgIpc) is 2.09. The summed E-state index contributed by atoms with van der Waals surface area (Å²) in [7, 11) is 0. The molecule has 1 unspecified atom stereocenters. The van der Waals surface area contributed by atoms with Crippen LogP contribution >= 0.6 is 0 Å². The Balaban J connectivity index is 2.25. The zero-order valence-corrected chi connectivity index (χ0v) is 7.32. The summed E-state index contributed by atoms with van der Waals surface area (Å²) in [5, 5.41) is 0. The molecule has 0 radical (unpaired) electrons. The van der Waals surface area contributed by atoms with E-state index in [1.165, 1.54) is 0 Å². The second-order valence-corrected chi connectivity index (χ2v) is 2.80. The number of carbonyl (C=O) groups is 1. The van der Waals surface area contributed by atoms with E-state index in [0.29, 0.717) is 13.0 Å². The van der Waals surface area contributed by atoms with Gasteiger partial charge in [0.05, 0.1) is 12.7 Å². The molecule has 0 bridgehead atoms. The molecule has 12 heavy (non-hydrogen) atoms. The molecule has 0 spiro atoms. The van der Waals surface area contributed by atoms with Gasteiger partial charge in [-0.25, -0.2) is 0 Å². The maximum atomic E-state index is 10.8. The van der Waals surface area contributed by atoms with Crippen LogP contribution in [-0.2, 0) is 9.53 Å². The summed E-state index contributed by atoms with van der Waals surface area (Å²) in [6.07, 6.45) is 8.96. The zero-order valence-electron chi connectivity index (χ0n) is 7.32. The van der Waals surface area contributed by atoms with E-state index in [2.05, 4.69) is 0 Å². The number of rotatable bonds is 3. The Labute approximate surface area is 72.9 Å². The van der Waals surface area contributed by atoms with Gasteiger partial charge in [0.25, 0.3) is 0 Å². The largest absolute Gasteiger partial charge is 0.370 e. The molecule has 0 amide bonds. The van der Waals surface area contributed by atoms with Crippen LogP contribution in [0.1, 0.15) is 19.8 Å². The van der Waals surface area contributed by atoms with Crippen molar-refractivity contribution in [2.24, 2.45) is 0 Å². The lowest BCUT2D eigenvalue weighted by molar-refractivity contribution is -0.115. The van der Waals surface area contributed by atoms with E-state index in [9.17, 15) is 4.79 Å². The first kappa shape index (κ1) is 9.20. The molecule has 0 saturated heterocycles. The van der Waals surface area contributed by atoms with Crippen LogP contribution in [0.3, 0.4) is 0 Å². The molecule has 0 N–H and O–H groups in total. The molecular formula is C10H14O2. The average molecular weight is 166 g/mol. The number of hydrogen-bond donors (Lipinski definition) is 0. The normalized spacial score (nSPS) is 23.8. The fourth-order valence-corrected chi connectivity index (χ4v) is 1.09. The molecule has 1 aliphatic rings. The highest BCUT2D eigenvalue weighted by atomic mass is 16.5. The predicted molar refractivity (Wildman–Crippen MR) is 47.9 cm³/mol. The summed E-state index contributed by atoms with van der Waals surface area (Å²) in [5.74, 6) is 0.209. The zero-order chi connectivity index (χ0) is 8.81. The molecule has 0 fully saturated rings. The highest BCUT2D eigenvalue weighted by molar-refractivity contribution is 5.90. The number of hydrogen-bond acceptors (Lipinski definition) is 2. The minimum Gasteiger partial charge on any atom is -0.370 e. The third-order valence-electron chi connectivity index (χ3n) is 1.81. The molecule has 0 saturated carbocycles. The SMILES string of the molecule is C/C=C/COC1C=CC(=O)CC1. The number of allylic oxidation sites excluding steroid dienone is 2. The van der Waals surface area contributed by atoms with Gasteiger partial charge in [0.2, 0.25) is 0 Å².